The molecule has 0 radical (unpaired) electrons. The van der Waals surface area contributed by atoms with Crippen LogP contribution in [0.25, 0.3) is 0 Å². The van der Waals surface area contributed by atoms with Crippen molar-refractivity contribution in [3.63, 3.8) is 0 Å². The van der Waals surface area contributed by atoms with Gasteiger partial charge >= 0.3 is 0 Å². The summed E-state index contributed by atoms with van der Waals surface area (Å²) >= 11 is 7.60. The van der Waals surface area contributed by atoms with Gasteiger partial charge in [-0.3, -0.25) is 0 Å². The first kappa shape index (κ1) is 22.3. The summed E-state index contributed by atoms with van der Waals surface area (Å²) < 4.78 is 18.0. The molecule has 5 heteroatoms. The van der Waals surface area contributed by atoms with Crippen LogP contribution in [0.3, 0.4) is 0 Å². The first-order valence-electron chi connectivity index (χ1n) is 10.1. The highest BCUT2D eigenvalue weighted by Gasteiger charge is 2.52. The molecular weight excluding hydrogens is 484 g/mol. The Morgan fingerprint density at radius 1 is 1.14 bits per heavy atom. The summed E-state index contributed by atoms with van der Waals surface area (Å²) in [5, 5.41) is 0.797. The van der Waals surface area contributed by atoms with Crippen LogP contribution >= 0.6 is 31.9 Å². The smallest absolute Gasteiger partial charge is 0.118 e. The highest BCUT2D eigenvalue weighted by atomic mass is 79.9. The molecule has 0 amide bonds. The van der Waals surface area contributed by atoms with E-state index < -0.39 is 0 Å². The molecule has 2 aliphatic rings. The fourth-order valence-electron chi connectivity index (χ4n) is 4.75. The number of halogens is 2. The number of hydrogen-bond donors (Lipinski definition) is 0. The molecule has 1 aromatic rings. The Balaban J connectivity index is 1.68. The molecule has 1 aliphatic carbocycles. The van der Waals surface area contributed by atoms with Crippen molar-refractivity contribution < 1.29 is 14.2 Å². The zero-order valence-corrected chi connectivity index (χ0v) is 20.5. The lowest BCUT2D eigenvalue weighted by molar-refractivity contribution is -0.144. The van der Waals surface area contributed by atoms with Gasteiger partial charge < -0.3 is 14.2 Å². The van der Waals surface area contributed by atoms with Crippen LogP contribution in [0.15, 0.2) is 35.9 Å². The van der Waals surface area contributed by atoms with Gasteiger partial charge in [0.15, 0.2) is 0 Å². The topological polar surface area (TPSA) is 27.7 Å². The van der Waals surface area contributed by atoms with Crippen molar-refractivity contribution in [3.8, 4) is 5.75 Å². The molecule has 0 saturated heterocycles. The van der Waals surface area contributed by atoms with Crippen LogP contribution in [-0.2, 0) is 16.1 Å². The minimum Gasteiger partial charge on any atom is -0.497 e. The van der Waals surface area contributed by atoms with Crippen molar-refractivity contribution in [3.05, 3.63) is 41.5 Å². The predicted molar refractivity (Wildman–Crippen MR) is 122 cm³/mol. The summed E-state index contributed by atoms with van der Waals surface area (Å²) in [5.74, 6) is 1.35. The number of fused-ring (bicyclic) bond motifs is 1. The normalized spacial score (nSPS) is 32.2. The number of methoxy groups -OCH3 is 1. The number of rotatable bonds is 6. The Morgan fingerprint density at radius 2 is 1.86 bits per heavy atom. The molecular formula is C23H32Br2O3. The van der Waals surface area contributed by atoms with Crippen LogP contribution < -0.4 is 4.74 Å². The molecule has 3 rings (SSSR count). The molecule has 3 nitrogen and oxygen atoms in total. The molecule has 156 valence electrons. The summed E-state index contributed by atoms with van der Waals surface area (Å²) in [7, 11) is 1.68. The highest BCUT2D eigenvalue weighted by Crippen LogP contribution is 2.54. The van der Waals surface area contributed by atoms with Gasteiger partial charge in [0, 0.05) is 10.2 Å². The summed E-state index contributed by atoms with van der Waals surface area (Å²) in [5.41, 5.74) is 2.50. The van der Waals surface area contributed by atoms with Gasteiger partial charge in [-0.2, -0.15) is 0 Å². The van der Waals surface area contributed by atoms with E-state index in [1.807, 2.05) is 24.3 Å². The van der Waals surface area contributed by atoms with Crippen molar-refractivity contribution in [1.82, 2.24) is 0 Å². The maximum absolute atomic E-state index is 6.75. The van der Waals surface area contributed by atoms with E-state index >= 15 is 0 Å². The average Bonchev–Trinajstić information content (AvgIpc) is 2.83. The van der Waals surface area contributed by atoms with Gasteiger partial charge in [-0.1, -0.05) is 63.9 Å². The Bertz CT molecular complexity index is 686. The van der Waals surface area contributed by atoms with Crippen molar-refractivity contribution in [2.75, 3.05) is 19.0 Å². The highest BCUT2D eigenvalue weighted by molar-refractivity contribution is 9.09. The molecule has 0 bridgehead atoms. The third kappa shape index (κ3) is 4.69. The summed E-state index contributed by atoms with van der Waals surface area (Å²) in [6.07, 6.45) is 5.72. The number of allylic oxidation sites excluding steroid dienone is 1. The Morgan fingerprint density at radius 3 is 2.50 bits per heavy atom. The van der Waals surface area contributed by atoms with Crippen LogP contribution in [0, 0.1) is 11.3 Å². The lowest BCUT2D eigenvalue weighted by Gasteiger charge is -2.52. The van der Waals surface area contributed by atoms with E-state index in [9.17, 15) is 0 Å². The predicted octanol–water partition coefficient (Wildman–Crippen LogP) is 6.28. The van der Waals surface area contributed by atoms with Gasteiger partial charge in [0.25, 0.3) is 0 Å². The SMILES string of the molecule is COc1ccc(COCC2=CC[C@H]3C(C)(C)[C@@H](Br)CC[C@]3(C)O[C@H]2CBr)cc1. The van der Waals surface area contributed by atoms with Crippen molar-refractivity contribution in [2.45, 2.75) is 63.2 Å². The second kappa shape index (κ2) is 9.20. The molecule has 1 aromatic carbocycles. The molecule has 1 heterocycles. The minimum absolute atomic E-state index is 0.0635. The molecule has 0 aromatic heterocycles. The van der Waals surface area contributed by atoms with Gasteiger partial charge in [0.1, 0.15) is 5.75 Å². The quantitative estimate of drug-likeness (QED) is 0.329. The van der Waals surface area contributed by atoms with Gasteiger partial charge in [-0.05, 0) is 60.8 Å². The van der Waals surface area contributed by atoms with Gasteiger partial charge in [-0.15, -0.1) is 0 Å². The van der Waals surface area contributed by atoms with Crippen LogP contribution in [0.1, 0.15) is 45.6 Å². The molecule has 28 heavy (non-hydrogen) atoms. The van der Waals surface area contributed by atoms with Gasteiger partial charge in [-0.25, -0.2) is 0 Å². The number of hydrogen-bond acceptors (Lipinski definition) is 3. The molecule has 0 N–H and O–H groups in total. The molecule has 0 spiro atoms. The van der Waals surface area contributed by atoms with Crippen LogP contribution in [0.5, 0.6) is 5.75 Å². The standard InChI is InChI=1S/C23H32Br2O3/c1-22(2)20-10-7-17(15-27-14-16-5-8-18(26-4)9-6-16)19(13-24)28-23(20,3)12-11-21(22)25/h5-9,19-21H,10-15H2,1-4H3/t19-,20-,21-,23-/m0/s1. The summed E-state index contributed by atoms with van der Waals surface area (Å²) in [4.78, 5) is 0.533. The number of benzene rings is 1. The van der Waals surface area contributed by atoms with Crippen molar-refractivity contribution >= 4 is 31.9 Å². The molecule has 1 aliphatic heterocycles. The Labute approximate surface area is 186 Å². The first-order chi connectivity index (χ1) is 13.3. The van der Waals surface area contributed by atoms with E-state index in [1.54, 1.807) is 7.11 Å². The summed E-state index contributed by atoms with van der Waals surface area (Å²) in [6, 6.07) is 8.04. The van der Waals surface area contributed by atoms with E-state index in [0.29, 0.717) is 24.0 Å². The lowest BCUT2D eigenvalue weighted by Crippen LogP contribution is -2.53. The molecule has 1 fully saturated rings. The van der Waals surface area contributed by atoms with Crippen molar-refractivity contribution in [1.29, 1.82) is 0 Å². The first-order valence-corrected chi connectivity index (χ1v) is 12.1. The lowest BCUT2D eigenvalue weighted by atomic mass is 9.60. The zero-order chi connectivity index (χ0) is 20.4. The van der Waals surface area contributed by atoms with Crippen molar-refractivity contribution in [2.24, 2.45) is 11.3 Å². The van der Waals surface area contributed by atoms with Crippen LogP contribution in [-0.4, -0.2) is 35.6 Å². The summed E-state index contributed by atoms with van der Waals surface area (Å²) in [6.45, 7) is 8.25. The maximum atomic E-state index is 6.75. The van der Waals surface area contributed by atoms with Crippen LogP contribution in [0.4, 0.5) is 0 Å². The second-order valence-corrected chi connectivity index (χ2v) is 10.6. The Hall–Kier alpha value is -0.360. The fraction of sp³-hybridized carbons (Fsp3) is 0.652. The minimum atomic E-state index is -0.0968. The number of alkyl halides is 2. The van der Waals surface area contributed by atoms with E-state index in [4.69, 9.17) is 14.2 Å². The van der Waals surface area contributed by atoms with E-state index in [-0.39, 0.29) is 17.1 Å². The molecule has 0 unspecified atom stereocenters. The Kier molecular flexibility index (Phi) is 7.33. The van der Waals surface area contributed by atoms with E-state index in [1.165, 1.54) is 5.57 Å². The van der Waals surface area contributed by atoms with Gasteiger partial charge in [0.05, 0.1) is 32.0 Å². The van der Waals surface area contributed by atoms with E-state index in [0.717, 1.165) is 35.9 Å². The van der Waals surface area contributed by atoms with Gasteiger partial charge in [0.2, 0.25) is 0 Å². The maximum Gasteiger partial charge on any atom is 0.118 e. The largest absolute Gasteiger partial charge is 0.497 e. The second-order valence-electron chi connectivity index (χ2n) is 8.81. The number of ether oxygens (including phenoxy) is 3. The molecule has 4 atom stereocenters. The average molecular weight is 516 g/mol. The third-order valence-corrected chi connectivity index (χ3v) is 8.84. The third-order valence-electron chi connectivity index (χ3n) is 6.61. The monoisotopic (exact) mass is 514 g/mol. The fourth-order valence-corrected chi connectivity index (χ4v) is 5.85. The molecule has 1 saturated carbocycles. The zero-order valence-electron chi connectivity index (χ0n) is 17.3. The van der Waals surface area contributed by atoms with E-state index in [2.05, 4.69) is 58.7 Å². The van der Waals surface area contributed by atoms with Crippen LogP contribution in [0.2, 0.25) is 0 Å².